The number of aryl methyl sites for hydroxylation is 1. The smallest absolute Gasteiger partial charge is 0.308 e. The summed E-state index contributed by atoms with van der Waals surface area (Å²) in [5.41, 5.74) is 1.19. The van der Waals surface area contributed by atoms with E-state index in [1.165, 1.54) is 12.0 Å². The molecule has 1 heterocycles. The van der Waals surface area contributed by atoms with Gasteiger partial charge in [-0.25, -0.2) is 0 Å². The Labute approximate surface area is 233 Å². The summed E-state index contributed by atoms with van der Waals surface area (Å²) in [6.07, 6.45) is 6.60. The normalized spacial score (nSPS) is 22.4. The number of aliphatic carboxylic acids is 1. The Morgan fingerprint density at radius 1 is 1.05 bits per heavy atom. The molecule has 8 nitrogen and oxygen atoms in total. The van der Waals surface area contributed by atoms with Gasteiger partial charge in [0.1, 0.15) is 6.16 Å². The first-order chi connectivity index (χ1) is 18.6. The number of ether oxygens (including phenoxy) is 1. The fourth-order valence-electron chi connectivity index (χ4n) is 5.82. The summed E-state index contributed by atoms with van der Waals surface area (Å²) in [4.78, 5) is 39.2. The van der Waals surface area contributed by atoms with Crippen molar-refractivity contribution in [3.8, 4) is 0 Å². The summed E-state index contributed by atoms with van der Waals surface area (Å²) in [5.74, 6) is -2.27. The summed E-state index contributed by atoms with van der Waals surface area (Å²) in [6, 6.07) is 10.0. The van der Waals surface area contributed by atoms with Crippen molar-refractivity contribution in [3.63, 3.8) is 0 Å². The molecule has 1 saturated heterocycles. The van der Waals surface area contributed by atoms with Crippen molar-refractivity contribution in [2.24, 2.45) is 23.7 Å². The number of amides is 1. The summed E-state index contributed by atoms with van der Waals surface area (Å²) in [7, 11) is -3.54. The highest BCUT2D eigenvalue weighted by Gasteiger charge is 2.45. The molecular weight excluding hydrogens is 517 g/mol. The first-order valence-electron chi connectivity index (χ1n) is 14.6. The minimum Gasteiger partial charge on any atom is -0.481 e. The molecule has 4 atom stereocenters. The Hall–Kier alpha value is -2.18. The second-order valence-corrected chi connectivity index (χ2v) is 14.1. The van der Waals surface area contributed by atoms with Crippen LogP contribution in [0.2, 0.25) is 0 Å². The zero-order valence-electron chi connectivity index (χ0n) is 23.8. The lowest BCUT2D eigenvalue weighted by atomic mass is 9.75. The van der Waals surface area contributed by atoms with Gasteiger partial charge >= 0.3 is 11.9 Å². The second-order valence-electron chi connectivity index (χ2n) is 11.5. The molecule has 2 aliphatic rings. The molecule has 218 valence electrons. The molecule has 0 radical (unpaired) electrons. The van der Waals surface area contributed by atoms with Gasteiger partial charge in [0.15, 0.2) is 0 Å². The van der Waals surface area contributed by atoms with Gasteiger partial charge in [0.05, 0.1) is 5.92 Å². The van der Waals surface area contributed by atoms with E-state index in [9.17, 15) is 24.1 Å². The Bertz CT molecular complexity index is 992. The summed E-state index contributed by atoms with van der Waals surface area (Å²) >= 11 is 0. The highest BCUT2D eigenvalue weighted by Crippen LogP contribution is 2.51. The zero-order valence-corrected chi connectivity index (χ0v) is 24.7. The van der Waals surface area contributed by atoms with Gasteiger partial charge in [-0.05, 0) is 36.7 Å². The standard InChI is InChI=1S/C30H46NO7P/c1-4-28(33)37-30(22(2)3)38-39(36,18-12-11-15-23-13-7-5-8-14-23)21-27(32)31-19-25(26(20-31)29(34)35)24-16-9-6-10-17-24/h5,7-8,13-14,22,24-26,30H,4,6,9-12,15-21H2,1-3H3,(H,34,35)/t25?,26-,30?,39?/m0/s1. The van der Waals surface area contributed by atoms with Gasteiger partial charge < -0.3 is 14.7 Å². The average molecular weight is 564 g/mol. The Morgan fingerprint density at radius 3 is 2.36 bits per heavy atom. The molecule has 9 heteroatoms. The van der Waals surface area contributed by atoms with Crippen molar-refractivity contribution >= 4 is 25.2 Å². The van der Waals surface area contributed by atoms with Crippen LogP contribution < -0.4 is 0 Å². The van der Waals surface area contributed by atoms with Crippen LogP contribution in [-0.2, 0) is 34.6 Å². The quantitative estimate of drug-likeness (QED) is 0.128. The molecule has 1 N–H and O–H groups in total. The van der Waals surface area contributed by atoms with E-state index in [4.69, 9.17) is 9.26 Å². The van der Waals surface area contributed by atoms with Crippen molar-refractivity contribution in [2.45, 2.75) is 84.8 Å². The van der Waals surface area contributed by atoms with E-state index in [0.717, 1.165) is 38.5 Å². The van der Waals surface area contributed by atoms with E-state index in [2.05, 4.69) is 0 Å². The van der Waals surface area contributed by atoms with Crippen LogP contribution in [0.3, 0.4) is 0 Å². The number of hydrogen-bond acceptors (Lipinski definition) is 6. The molecule has 1 aliphatic heterocycles. The van der Waals surface area contributed by atoms with Crippen LogP contribution in [0.4, 0.5) is 0 Å². The predicted molar refractivity (Wildman–Crippen MR) is 151 cm³/mol. The number of likely N-dealkylation sites (tertiary alicyclic amines) is 1. The maximum Gasteiger partial charge on any atom is 0.308 e. The lowest BCUT2D eigenvalue weighted by molar-refractivity contribution is -0.169. The molecule has 1 saturated carbocycles. The summed E-state index contributed by atoms with van der Waals surface area (Å²) in [6.45, 7) is 5.85. The van der Waals surface area contributed by atoms with Crippen LogP contribution in [0.5, 0.6) is 0 Å². The highest BCUT2D eigenvalue weighted by molar-refractivity contribution is 7.59. The number of hydrogen-bond donors (Lipinski definition) is 1. The van der Waals surface area contributed by atoms with Gasteiger partial charge in [0, 0.05) is 31.6 Å². The van der Waals surface area contributed by atoms with E-state index in [1.54, 1.807) is 11.8 Å². The van der Waals surface area contributed by atoms with Crippen molar-refractivity contribution < 1.29 is 33.3 Å². The maximum absolute atomic E-state index is 14.2. The molecule has 0 aromatic heterocycles. The summed E-state index contributed by atoms with van der Waals surface area (Å²) in [5, 5.41) is 9.91. The maximum atomic E-state index is 14.2. The van der Waals surface area contributed by atoms with Crippen LogP contribution >= 0.6 is 7.37 Å². The largest absolute Gasteiger partial charge is 0.481 e. The molecule has 1 aromatic carbocycles. The van der Waals surface area contributed by atoms with Crippen molar-refractivity contribution in [1.82, 2.24) is 4.90 Å². The number of esters is 1. The van der Waals surface area contributed by atoms with Gasteiger partial charge in [-0.3, -0.25) is 23.5 Å². The van der Waals surface area contributed by atoms with E-state index in [0.29, 0.717) is 18.9 Å². The van der Waals surface area contributed by atoms with E-state index >= 15 is 0 Å². The lowest BCUT2D eigenvalue weighted by Crippen LogP contribution is -2.34. The fourth-order valence-corrected chi connectivity index (χ4v) is 8.14. The second kappa shape index (κ2) is 15.0. The SMILES string of the molecule is CCC(=O)OC(OP(=O)(CCCCc1ccccc1)CC(=O)N1CC(C2CCCCC2)[C@@H](C(=O)O)C1)C(C)C. The van der Waals surface area contributed by atoms with Gasteiger partial charge in [-0.1, -0.05) is 83.2 Å². The molecule has 1 aromatic rings. The van der Waals surface area contributed by atoms with Gasteiger partial charge in [-0.15, -0.1) is 0 Å². The van der Waals surface area contributed by atoms with E-state index < -0.39 is 31.5 Å². The average Bonchev–Trinajstić information content (AvgIpc) is 3.38. The minimum atomic E-state index is -3.54. The summed E-state index contributed by atoms with van der Waals surface area (Å²) < 4.78 is 25.7. The van der Waals surface area contributed by atoms with Crippen LogP contribution in [0.15, 0.2) is 30.3 Å². The van der Waals surface area contributed by atoms with Gasteiger partial charge in [-0.2, -0.15) is 0 Å². The third kappa shape index (κ3) is 9.46. The molecule has 2 fully saturated rings. The van der Waals surface area contributed by atoms with Crippen LogP contribution in [0, 0.1) is 23.7 Å². The monoisotopic (exact) mass is 563 g/mol. The molecule has 39 heavy (non-hydrogen) atoms. The number of rotatable bonds is 14. The van der Waals surface area contributed by atoms with Crippen LogP contribution in [0.25, 0.3) is 0 Å². The molecule has 0 bridgehead atoms. The van der Waals surface area contributed by atoms with Gasteiger partial charge in [0.25, 0.3) is 0 Å². The third-order valence-electron chi connectivity index (χ3n) is 8.10. The molecule has 0 spiro atoms. The molecule has 3 unspecified atom stereocenters. The van der Waals surface area contributed by atoms with Gasteiger partial charge in [0.2, 0.25) is 19.6 Å². The topological polar surface area (TPSA) is 110 Å². The van der Waals surface area contributed by atoms with E-state index in [-0.39, 0.29) is 43.0 Å². The van der Waals surface area contributed by atoms with Crippen LogP contribution in [0.1, 0.15) is 77.7 Å². The van der Waals surface area contributed by atoms with Crippen LogP contribution in [-0.4, -0.2) is 59.6 Å². The van der Waals surface area contributed by atoms with Crippen molar-refractivity contribution in [1.29, 1.82) is 0 Å². The number of benzene rings is 1. The molecule has 3 rings (SSSR count). The number of carboxylic acid groups (broad SMARTS) is 1. The minimum absolute atomic E-state index is 0.0770. The molecular formula is C30H46NO7P. The molecule has 1 amide bonds. The predicted octanol–water partition coefficient (Wildman–Crippen LogP) is 5.98. The lowest BCUT2D eigenvalue weighted by Gasteiger charge is -2.30. The third-order valence-corrected chi connectivity index (χ3v) is 10.4. The number of nitrogens with zero attached hydrogens (tertiary/aromatic N) is 1. The highest BCUT2D eigenvalue weighted by atomic mass is 31.2. The Morgan fingerprint density at radius 2 is 1.74 bits per heavy atom. The first kappa shape index (κ1) is 31.3. The Balaban J connectivity index is 1.70. The zero-order chi connectivity index (χ0) is 28.4. The van der Waals surface area contributed by atoms with E-state index in [1.807, 2.05) is 44.2 Å². The Kier molecular flexibility index (Phi) is 12.1. The first-order valence-corrected chi connectivity index (χ1v) is 16.6. The number of carbonyl (C=O) groups is 3. The molecule has 1 aliphatic carbocycles. The fraction of sp³-hybridized carbons (Fsp3) is 0.700. The van der Waals surface area contributed by atoms with Crippen molar-refractivity contribution in [2.75, 3.05) is 25.4 Å². The number of carboxylic acids is 1. The van der Waals surface area contributed by atoms with Crippen molar-refractivity contribution in [3.05, 3.63) is 35.9 Å². The number of unbranched alkanes of at least 4 members (excludes halogenated alkanes) is 1. The number of carbonyl (C=O) groups excluding carboxylic acids is 2.